The highest BCUT2D eigenvalue weighted by molar-refractivity contribution is 7.90. The molecule has 4 aromatic rings. The second-order valence-corrected chi connectivity index (χ2v) is 13.9. The number of aromatic nitrogens is 1. The van der Waals surface area contributed by atoms with E-state index < -0.39 is 15.5 Å². The van der Waals surface area contributed by atoms with Crippen molar-refractivity contribution in [1.29, 1.82) is 0 Å². The number of alkyl halides is 3. The Hall–Kier alpha value is -3.09. The fourth-order valence-electron chi connectivity index (χ4n) is 5.84. The lowest BCUT2D eigenvalue weighted by Crippen LogP contribution is -2.47. The largest absolute Gasteiger partial charge is 0.511 e. The van der Waals surface area contributed by atoms with E-state index in [0.29, 0.717) is 45.0 Å². The molecule has 0 spiro atoms. The number of benzene rings is 3. The summed E-state index contributed by atoms with van der Waals surface area (Å²) in [5, 5.41) is 5.29. The number of methoxy groups -OCH3 is 1. The zero-order valence-corrected chi connectivity index (χ0v) is 26.7. The van der Waals surface area contributed by atoms with Gasteiger partial charge in [0.05, 0.1) is 5.52 Å². The predicted octanol–water partition coefficient (Wildman–Crippen LogP) is 7.32. The van der Waals surface area contributed by atoms with Crippen LogP contribution in [-0.4, -0.2) is 56.1 Å². The number of pyridine rings is 1. The molecule has 45 heavy (non-hydrogen) atoms. The minimum atomic E-state index is -5.40. The minimum Gasteiger partial charge on any atom is -0.385 e. The molecule has 1 aliphatic rings. The number of hydrogen-bond acceptors (Lipinski definition) is 5. The van der Waals surface area contributed by atoms with Crippen LogP contribution in [0.25, 0.3) is 10.9 Å². The Kier molecular flexibility index (Phi) is 10.1. The first-order valence-electron chi connectivity index (χ1n) is 14.4. The topological polar surface area (TPSA) is 91.5 Å². The third-order valence-corrected chi connectivity index (χ3v) is 10.2. The van der Waals surface area contributed by atoms with Crippen molar-refractivity contribution >= 4 is 49.8 Å². The molecule has 1 aromatic heterocycles. The highest BCUT2D eigenvalue weighted by Gasteiger charge is 2.50. The van der Waals surface area contributed by atoms with Crippen molar-refractivity contribution in [3.05, 3.63) is 109 Å². The number of sulfonamides is 1. The highest BCUT2D eigenvalue weighted by atomic mass is 35.5. The molecule has 0 bridgehead atoms. The third-order valence-electron chi connectivity index (χ3n) is 8.04. The van der Waals surface area contributed by atoms with Crippen LogP contribution in [0.5, 0.6) is 0 Å². The average molecular weight is 683 g/mol. The zero-order chi connectivity index (χ0) is 32.4. The molecule has 240 valence electrons. The molecule has 2 heterocycles. The van der Waals surface area contributed by atoms with Crippen molar-refractivity contribution in [2.45, 2.75) is 43.2 Å². The number of H-pyrrole nitrogens is 1. The molecular formula is C32H32Cl2F3N3O4S. The van der Waals surface area contributed by atoms with Gasteiger partial charge in [-0.2, -0.15) is 17.5 Å². The molecule has 13 heteroatoms. The summed E-state index contributed by atoms with van der Waals surface area (Å²) in [7, 11) is -3.78. The standard InChI is InChI=1S/C32H32Cl2F3N3O4S/c1-44-16-2-3-22-17-23(30(20-4-8-24(33)9-5-20)21-6-10-25(34)11-7-21)18-27-28(19-29(41)39-31(22)27)38-26-12-14-40(15-13-26)45(42,43)32(35,36)37/h4-11,17-19,26,30H,2-3,12-16H2,1H3,(H2,38,39,41). The average Bonchev–Trinajstić information content (AvgIpc) is 2.99. The molecule has 1 aliphatic heterocycles. The molecule has 0 aliphatic carbocycles. The molecule has 7 nitrogen and oxygen atoms in total. The van der Waals surface area contributed by atoms with Crippen LogP contribution < -0.4 is 10.9 Å². The molecule has 0 saturated carbocycles. The van der Waals surface area contributed by atoms with Crippen molar-refractivity contribution < 1.29 is 26.3 Å². The van der Waals surface area contributed by atoms with Gasteiger partial charge in [0.2, 0.25) is 5.56 Å². The molecule has 0 radical (unpaired) electrons. The number of nitrogens with one attached hydrogen (secondary N) is 2. The number of ether oxygens (including phenoxy) is 1. The first kappa shape index (κ1) is 33.3. The van der Waals surface area contributed by atoms with E-state index in [9.17, 15) is 26.4 Å². The summed E-state index contributed by atoms with van der Waals surface area (Å²) in [6.45, 7) is -0.0577. The fourth-order valence-corrected chi connectivity index (χ4v) is 7.08. The van der Waals surface area contributed by atoms with Crippen LogP contribution in [0.15, 0.2) is 71.5 Å². The van der Waals surface area contributed by atoms with E-state index in [1.807, 2.05) is 54.6 Å². The number of aryl methyl sites for hydroxylation is 1. The fraction of sp³-hybridized carbons (Fsp3) is 0.344. The Labute approximate surface area is 269 Å². The molecule has 3 aromatic carbocycles. The van der Waals surface area contributed by atoms with Gasteiger partial charge in [-0.15, -0.1) is 0 Å². The third kappa shape index (κ3) is 7.49. The maximum absolute atomic E-state index is 13.1. The van der Waals surface area contributed by atoms with Gasteiger partial charge in [-0.05, 0) is 78.3 Å². The van der Waals surface area contributed by atoms with Crippen molar-refractivity contribution in [3.8, 4) is 0 Å². The van der Waals surface area contributed by atoms with Gasteiger partial charge in [0.25, 0.3) is 0 Å². The van der Waals surface area contributed by atoms with Gasteiger partial charge in [-0.3, -0.25) is 4.79 Å². The van der Waals surface area contributed by atoms with Gasteiger partial charge in [-0.1, -0.05) is 53.5 Å². The Bertz CT molecular complexity index is 1760. The van der Waals surface area contributed by atoms with E-state index in [1.54, 1.807) is 7.11 Å². The number of aromatic amines is 1. The molecule has 1 saturated heterocycles. The summed E-state index contributed by atoms with van der Waals surface area (Å²) < 4.78 is 68.9. The Balaban J connectivity index is 1.58. The van der Waals surface area contributed by atoms with Crippen LogP contribution in [0, 0.1) is 0 Å². The van der Waals surface area contributed by atoms with E-state index in [0.717, 1.165) is 27.6 Å². The Morgan fingerprint density at radius 2 is 1.53 bits per heavy atom. The normalized spacial score (nSPS) is 15.2. The lowest BCUT2D eigenvalue weighted by atomic mass is 9.83. The number of nitrogens with zero attached hydrogens (tertiary/aromatic N) is 1. The van der Waals surface area contributed by atoms with E-state index in [-0.39, 0.29) is 43.5 Å². The lowest BCUT2D eigenvalue weighted by Gasteiger charge is -2.32. The summed E-state index contributed by atoms with van der Waals surface area (Å²) in [6.07, 6.45) is 1.59. The van der Waals surface area contributed by atoms with Crippen molar-refractivity contribution in [2.75, 3.05) is 32.1 Å². The van der Waals surface area contributed by atoms with E-state index in [4.69, 9.17) is 27.9 Å². The molecule has 2 N–H and O–H groups in total. The number of anilines is 1. The number of fused-ring (bicyclic) bond motifs is 1. The van der Waals surface area contributed by atoms with Crippen LogP contribution in [-0.2, 0) is 21.2 Å². The van der Waals surface area contributed by atoms with Crippen molar-refractivity contribution in [3.63, 3.8) is 0 Å². The molecule has 0 atom stereocenters. The van der Waals surface area contributed by atoms with E-state index in [1.165, 1.54) is 6.07 Å². The number of piperidine rings is 1. The molecule has 0 amide bonds. The summed E-state index contributed by atoms with van der Waals surface area (Å²) in [6, 6.07) is 20.3. The van der Waals surface area contributed by atoms with Gasteiger partial charge >= 0.3 is 15.5 Å². The summed E-state index contributed by atoms with van der Waals surface area (Å²) in [4.78, 5) is 15.9. The van der Waals surface area contributed by atoms with Crippen LogP contribution in [0.3, 0.4) is 0 Å². The molecular weight excluding hydrogens is 650 g/mol. The Morgan fingerprint density at radius 1 is 0.956 bits per heavy atom. The number of halogens is 5. The highest BCUT2D eigenvalue weighted by Crippen LogP contribution is 2.38. The summed E-state index contributed by atoms with van der Waals surface area (Å²) in [5.74, 6) is -0.222. The molecule has 0 unspecified atom stereocenters. The van der Waals surface area contributed by atoms with Crippen LogP contribution in [0.1, 0.15) is 47.4 Å². The second kappa shape index (κ2) is 13.7. The van der Waals surface area contributed by atoms with Crippen LogP contribution in [0.4, 0.5) is 18.9 Å². The van der Waals surface area contributed by atoms with Gasteiger partial charge in [-0.25, -0.2) is 8.42 Å². The van der Waals surface area contributed by atoms with Gasteiger partial charge < -0.3 is 15.0 Å². The lowest BCUT2D eigenvalue weighted by molar-refractivity contribution is -0.0494. The zero-order valence-electron chi connectivity index (χ0n) is 24.3. The molecule has 5 rings (SSSR count). The summed E-state index contributed by atoms with van der Waals surface area (Å²) in [5.41, 5.74) is -0.701. The smallest absolute Gasteiger partial charge is 0.385 e. The van der Waals surface area contributed by atoms with Crippen LogP contribution >= 0.6 is 23.2 Å². The number of rotatable bonds is 10. The number of hydrogen-bond donors (Lipinski definition) is 2. The maximum Gasteiger partial charge on any atom is 0.511 e. The Morgan fingerprint density at radius 3 is 2.07 bits per heavy atom. The van der Waals surface area contributed by atoms with Gasteiger partial charge in [0.1, 0.15) is 0 Å². The maximum atomic E-state index is 13.1. The van der Waals surface area contributed by atoms with Crippen molar-refractivity contribution in [1.82, 2.24) is 9.29 Å². The van der Waals surface area contributed by atoms with Crippen LogP contribution in [0.2, 0.25) is 10.0 Å². The predicted molar refractivity (Wildman–Crippen MR) is 172 cm³/mol. The van der Waals surface area contributed by atoms with E-state index in [2.05, 4.69) is 16.4 Å². The van der Waals surface area contributed by atoms with E-state index >= 15 is 0 Å². The first-order chi connectivity index (χ1) is 21.4. The van der Waals surface area contributed by atoms with Gasteiger partial charge in [0.15, 0.2) is 0 Å². The second-order valence-electron chi connectivity index (χ2n) is 11.1. The van der Waals surface area contributed by atoms with Gasteiger partial charge in [0, 0.05) is 66.0 Å². The quantitative estimate of drug-likeness (QED) is 0.135. The SMILES string of the molecule is COCCCc1cc(C(c2ccc(Cl)cc2)c2ccc(Cl)cc2)cc2c(NC3CCN(S(=O)(=O)C(F)(F)F)CC3)cc(=O)[nH]c12. The monoisotopic (exact) mass is 681 g/mol. The minimum absolute atomic E-state index is 0.141. The molecule has 1 fully saturated rings. The van der Waals surface area contributed by atoms with Crippen molar-refractivity contribution in [2.24, 2.45) is 0 Å². The first-order valence-corrected chi connectivity index (χ1v) is 16.6. The summed E-state index contributed by atoms with van der Waals surface area (Å²) >= 11 is 12.4.